The Kier molecular flexibility index (Phi) is 4.58. The number of hydrogen-bond acceptors (Lipinski definition) is 2. The maximum Gasteiger partial charge on any atom is 0.0396 e. The number of rotatable bonds is 4. The van der Waals surface area contributed by atoms with E-state index in [1.165, 1.54) is 16.8 Å². The van der Waals surface area contributed by atoms with Crippen molar-refractivity contribution in [3.05, 3.63) is 29.3 Å². The van der Waals surface area contributed by atoms with E-state index in [9.17, 15) is 0 Å². The molecule has 0 atom stereocenters. The van der Waals surface area contributed by atoms with Gasteiger partial charge in [0, 0.05) is 25.8 Å². The molecule has 0 amide bonds. The summed E-state index contributed by atoms with van der Waals surface area (Å²) in [5.41, 5.74) is 4.30. The molecule has 0 heterocycles. The molecule has 0 spiro atoms. The van der Waals surface area contributed by atoms with Gasteiger partial charge in [-0.3, -0.25) is 0 Å². The summed E-state index contributed by atoms with van der Waals surface area (Å²) in [5.74, 6) is 0. The van der Waals surface area contributed by atoms with Crippen LogP contribution in [0.15, 0.2) is 18.2 Å². The van der Waals surface area contributed by atoms with Crippen LogP contribution in [0.2, 0.25) is 0 Å². The Morgan fingerprint density at radius 2 is 1.88 bits per heavy atom. The Balaban J connectivity index is 2.98. The molecule has 1 aromatic carbocycles. The van der Waals surface area contributed by atoms with Gasteiger partial charge in [-0.25, -0.2) is 0 Å². The maximum atomic E-state index is 3.19. The van der Waals surface area contributed by atoms with Crippen LogP contribution in [0.4, 0.5) is 5.69 Å². The van der Waals surface area contributed by atoms with Crippen molar-refractivity contribution in [2.75, 3.05) is 32.1 Å². The van der Waals surface area contributed by atoms with Crippen molar-refractivity contribution in [1.29, 1.82) is 0 Å². The zero-order valence-electron chi connectivity index (χ0n) is 12.1. The molecular weight excluding hydrogens is 208 g/mol. The summed E-state index contributed by atoms with van der Waals surface area (Å²) in [5, 5.41) is 3.19. The zero-order valence-corrected chi connectivity index (χ0v) is 12.1. The predicted octanol–water partition coefficient (Wildman–Crippen LogP) is 2.95. The van der Waals surface area contributed by atoms with Crippen molar-refractivity contribution in [2.24, 2.45) is 0 Å². The average molecular weight is 234 g/mol. The van der Waals surface area contributed by atoms with Gasteiger partial charge in [-0.2, -0.15) is 0 Å². The van der Waals surface area contributed by atoms with Crippen molar-refractivity contribution >= 4 is 5.69 Å². The van der Waals surface area contributed by atoms with Gasteiger partial charge < -0.3 is 10.2 Å². The van der Waals surface area contributed by atoms with E-state index in [0.717, 1.165) is 13.1 Å². The standard InChI is InChI=1S/C15H26N2/c1-12-7-8-13(15(2,3)4)11-14(12)17(6)10-9-16-5/h7-8,11,16H,9-10H2,1-6H3. The molecule has 0 aliphatic heterocycles. The summed E-state index contributed by atoms with van der Waals surface area (Å²) in [6, 6.07) is 6.79. The van der Waals surface area contributed by atoms with Crippen LogP contribution in [-0.4, -0.2) is 27.2 Å². The van der Waals surface area contributed by atoms with Gasteiger partial charge in [-0.15, -0.1) is 0 Å². The smallest absolute Gasteiger partial charge is 0.0396 e. The highest BCUT2D eigenvalue weighted by atomic mass is 15.1. The summed E-state index contributed by atoms with van der Waals surface area (Å²) < 4.78 is 0. The number of aryl methyl sites for hydroxylation is 1. The van der Waals surface area contributed by atoms with Crippen molar-refractivity contribution in [3.8, 4) is 0 Å². The third-order valence-corrected chi connectivity index (χ3v) is 3.18. The lowest BCUT2D eigenvalue weighted by molar-refractivity contribution is 0.590. The topological polar surface area (TPSA) is 15.3 Å². The molecule has 2 heteroatoms. The van der Waals surface area contributed by atoms with Gasteiger partial charge >= 0.3 is 0 Å². The summed E-state index contributed by atoms with van der Waals surface area (Å²) in [7, 11) is 4.15. The molecule has 0 radical (unpaired) electrons. The summed E-state index contributed by atoms with van der Waals surface area (Å²) >= 11 is 0. The van der Waals surface area contributed by atoms with E-state index in [1.807, 2.05) is 7.05 Å². The second kappa shape index (κ2) is 5.54. The van der Waals surface area contributed by atoms with E-state index in [0.29, 0.717) is 0 Å². The van der Waals surface area contributed by atoms with Gasteiger partial charge in [0.25, 0.3) is 0 Å². The Hall–Kier alpha value is -1.02. The maximum absolute atomic E-state index is 3.19. The van der Waals surface area contributed by atoms with Crippen molar-refractivity contribution in [2.45, 2.75) is 33.1 Å². The van der Waals surface area contributed by atoms with Crippen LogP contribution in [0.3, 0.4) is 0 Å². The Morgan fingerprint density at radius 1 is 1.24 bits per heavy atom. The minimum absolute atomic E-state index is 0.215. The normalized spacial score (nSPS) is 11.6. The van der Waals surface area contributed by atoms with E-state index in [-0.39, 0.29) is 5.41 Å². The molecule has 17 heavy (non-hydrogen) atoms. The lowest BCUT2D eigenvalue weighted by Gasteiger charge is -2.26. The SMILES string of the molecule is CNCCN(C)c1cc(C(C)(C)C)ccc1C. The van der Waals surface area contributed by atoms with Crippen LogP contribution in [-0.2, 0) is 5.41 Å². The van der Waals surface area contributed by atoms with Gasteiger partial charge in [-0.1, -0.05) is 32.9 Å². The lowest BCUT2D eigenvalue weighted by atomic mass is 9.86. The summed E-state index contributed by atoms with van der Waals surface area (Å²) in [4.78, 5) is 2.32. The average Bonchev–Trinajstić information content (AvgIpc) is 2.24. The first kappa shape index (κ1) is 14.0. The molecule has 1 N–H and O–H groups in total. The third kappa shape index (κ3) is 3.74. The van der Waals surface area contributed by atoms with Gasteiger partial charge in [0.1, 0.15) is 0 Å². The number of likely N-dealkylation sites (N-methyl/N-ethyl adjacent to an activating group) is 2. The summed E-state index contributed by atoms with van der Waals surface area (Å²) in [6.07, 6.45) is 0. The van der Waals surface area contributed by atoms with Crippen LogP contribution in [0.25, 0.3) is 0 Å². The van der Waals surface area contributed by atoms with E-state index in [2.05, 4.69) is 63.2 Å². The van der Waals surface area contributed by atoms with Gasteiger partial charge in [0.2, 0.25) is 0 Å². The fourth-order valence-electron chi connectivity index (χ4n) is 1.89. The fraction of sp³-hybridized carbons (Fsp3) is 0.600. The Labute approximate surface area is 106 Å². The van der Waals surface area contributed by atoms with E-state index >= 15 is 0 Å². The van der Waals surface area contributed by atoms with Crippen LogP contribution in [0, 0.1) is 6.92 Å². The molecule has 0 saturated carbocycles. The minimum atomic E-state index is 0.215. The van der Waals surface area contributed by atoms with E-state index < -0.39 is 0 Å². The van der Waals surface area contributed by atoms with E-state index in [4.69, 9.17) is 0 Å². The molecule has 0 unspecified atom stereocenters. The first-order valence-electron chi connectivity index (χ1n) is 6.33. The molecule has 96 valence electrons. The highest BCUT2D eigenvalue weighted by molar-refractivity contribution is 5.55. The third-order valence-electron chi connectivity index (χ3n) is 3.18. The quantitative estimate of drug-likeness (QED) is 0.861. The van der Waals surface area contributed by atoms with Crippen molar-refractivity contribution in [1.82, 2.24) is 5.32 Å². The monoisotopic (exact) mass is 234 g/mol. The molecule has 0 aliphatic carbocycles. The Bertz CT molecular complexity index is 364. The second-order valence-electron chi connectivity index (χ2n) is 5.78. The van der Waals surface area contributed by atoms with Crippen molar-refractivity contribution < 1.29 is 0 Å². The number of hydrogen-bond donors (Lipinski definition) is 1. The van der Waals surface area contributed by atoms with Crippen LogP contribution in [0.1, 0.15) is 31.9 Å². The molecule has 1 rings (SSSR count). The van der Waals surface area contributed by atoms with Gasteiger partial charge in [-0.05, 0) is 36.6 Å². The number of nitrogens with zero attached hydrogens (tertiary/aromatic N) is 1. The Morgan fingerprint density at radius 3 is 2.41 bits per heavy atom. The molecule has 0 saturated heterocycles. The lowest BCUT2D eigenvalue weighted by Crippen LogP contribution is -2.28. The van der Waals surface area contributed by atoms with Crippen LogP contribution >= 0.6 is 0 Å². The number of anilines is 1. The number of benzene rings is 1. The van der Waals surface area contributed by atoms with Gasteiger partial charge in [0.05, 0.1) is 0 Å². The molecule has 2 nitrogen and oxygen atoms in total. The molecular formula is C15H26N2. The van der Waals surface area contributed by atoms with Gasteiger partial charge in [0.15, 0.2) is 0 Å². The van der Waals surface area contributed by atoms with Crippen molar-refractivity contribution in [3.63, 3.8) is 0 Å². The predicted molar refractivity (Wildman–Crippen MR) is 77.1 cm³/mol. The second-order valence-corrected chi connectivity index (χ2v) is 5.78. The largest absolute Gasteiger partial charge is 0.373 e. The highest BCUT2D eigenvalue weighted by Crippen LogP contribution is 2.28. The summed E-state index contributed by atoms with van der Waals surface area (Å²) in [6.45, 7) is 11.0. The van der Waals surface area contributed by atoms with Crippen LogP contribution in [0.5, 0.6) is 0 Å². The fourth-order valence-corrected chi connectivity index (χ4v) is 1.89. The first-order valence-corrected chi connectivity index (χ1v) is 6.33. The van der Waals surface area contributed by atoms with Crippen LogP contribution < -0.4 is 10.2 Å². The van der Waals surface area contributed by atoms with E-state index in [1.54, 1.807) is 0 Å². The molecule has 0 bridgehead atoms. The zero-order chi connectivity index (χ0) is 13.1. The first-order chi connectivity index (χ1) is 7.86. The number of nitrogens with one attached hydrogen (secondary N) is 1. The molecule has 0 aromatic heterocycles. The molecule has 0 fully saturated rings. The molecule has 1 aromatic rings. The molecule has 0 aliphatic rings. The highest BCUT2D eigenvalue weighted by Gasteiger charge is 2.15. The minimum Gasteiger partial charge on any atom is -0.373 e.